The minimum atomic E-state index is -0.465. The molecule has 1 amide bonds. The van der Waals surface area contributed by atoms with E-state index in [9.17, 15) is 4.79 Å². The van der Waals surface area contributed by atoms with Gasteiger partial charge in [0.05, 0.1) is 0 Å². The van der Waals surface area contributed by atoms with Crippen LogP contribution >= 0.6 is 0 Å². The van der Waals surface area contributed by atoms with Crippen LogP contribution in [0.3, 0.4) is 0 Å². The van der Waals surface area contributed by atoms with Gasteiger partial charge in [0.15, 0.2) is 0 Å². The summed E-state index contributed by atoms with van der Waals surface area (Å²) in [6.45, 7) is 9.65. The van der Waals surface area contributed by atoms with Crippen LogP contribution in [0.25, 0.3) is 0 Å². The van der Waals surface area contributed by atoms with E-state index < -0.39 is 5.91 Å². The molecule has 188 valence electrons. The lowest BCUT2D eigenvalue weighted by molar-refractivity contribution is -0.100. The monoisotopic (exact) mass is 478 g/mol. The molecule has 6 rings (SSSR count). The number of nitrogens with two attached hydrogens (primary N) is 1. The Kier molecular flexibility index (Phi) is 6.53. The van der Waals surface area contributed by atoms with Gasteiger partial charge in [-0.15, -0.1) is 0 Å². The van der Waals surface area contributed by atoms with Crippen LogP contribution in [0.4, 0.5) is 23.5 Å². The van der Waals surface area contributed by atoms with E-state index in [0.29, 0.717) is 40.8 Å². The van der Waals surface area contributed by atoms with E-state index >= 15 is 0 Å². The van der Waals surface area contributed by atoms with Gasteiger partial charge in [-0.25, -0.2) is 0 Å². The first-order valence-electron chi connectivity index (χ1n) is 12.9. The van der Waals surface area contributed by atoms with Crippen molar-refractivity contribution in [2.45, 2.75) is 58.9 Å². The maximum absolute atomic E-state index is 11.7. The zero-order valence-electron chi connectivity index (χ0n) is 21.0. The number of benzene rings is 1. The second-order valence-corrected chi connectivity index (χ2v) is 11.1. The molecule has 1 aromatic carbocycles. The van der Waals surface area contributed by atoms with E-state index in [1.165, 1.54) is 19.3 Å². The summed E-state index contributed by atoms with van der Waals surface area (Å²) in [7, 11) is 0. The summed E-state index contributed by atoms with van der Waals surface area (Å²) >= 11 is 0. The molecular weight excluding hydrogens is 440 g/mol. The van der Waals surface area contributed by atoms with Gasteiger partial charge in [-0.2, -0.15) is 15.0 Å². The van der Waals surface area contributed by atoms with Gasteiger partial charge in [0, 0.05) is 23.8 Å². The first kappa shape index (κ1) is 23.8. The Morgan fingerprint density at radius 1 is 1.09 bits per heavy atom. The maximum atomic E-state index is 11.7. The van der Waals surface area contributed by atoms with Crippen molar-refractivity contribution in [3.8, 4) is 0 Å². The van der Waals surface area contributed by atoms with Crippen molar-refractivity contribution in [1.82, 2.24) is 20.3 Å². The fraction of sp³-hybridized carbons (Fsp3) is 0.615. The minimum Gasteiger partial charge on any atom is -0.366 e. The molecule has 1 saturated heterocycles. The van der Waals surface area contributed by atoms with Crippen LogP contribution in [0.5, 0.6) is 0 Å². The molecule has 1 aromatic heterocycles. The smallest absolute Gasteiger partial charge is 0.248 e. The topological polar surface area (TPSA) is 130 Å². The van der Waals surface area contributed by atoms with E-state index in [-0.39, 0.29) is 0 Å². The SMILES string of the molecule is Cc1ccc(C(N)=O)cc1Nc1nc(NC[C@@H]2CC[C@H]3C[C@@H]2C3(C)C)nc(NC2CCNCC2)n1. The highest BCUT2D eigenvalue weighted by Gasteiger charge is 2.53. The number of carbonyl (C=O) groups is 1. The number of primary amides is 1. The summed E-state index contributed by atoms with van der Waals surface area (Å²) in [6.07, 6.45) is 5.98. The van der Waals surface area contributed by atoms with Gasteiger partial charge in [0.2, 0.25) is 23.8 Å². The average molecular weight is 479 g/mol. The second-order valence-electron chi connectivity index (χ2n) is 11.1. The average Bonchev–Trinajstić information content (AvgIpc) is 2.84. The van der Waals surface area contributed by atoms with Gasteiger partial charge in [0.1, 0.15) is 0 Å². The van der Waals surface area contributed by atoms with E-state index in [0.717, 1.165) is 55.6 Å². The number of amides is 1. The molecule has 4 aliphatic rings. The number of fused-ring (bicyclic) bond motifs is 2. The van der Waals surface area contributed by atoms with E-state index in [1.807, 2.05) is 13.0 Å². The largest absolute Gasteiger partial charge is 0.366 e. The van der Waals surface area contributed by atoms with Crippen molar-refractivity contribution < 1.29 is 4.79 Å². The third-order valence-corrected chi connectivity index (χ3v) is 8.60. The first-order valence-corrected chi connectivity index (χ1v) is 12.9. The molecule has 2 aromatic rings. The van der Waals surface area contributed by atoms with Gasteiger partial charge >= 0.3 is 0 Å². The van der Waals surface area contributed by atoms with E-state index in [1.54, 1.807) is 12.1 Å². The maximum Gasteiger partial charge on any atom is 0.248 e. The molecule has 35 heavy (non-hydrogen) atoms. The molecule has 6 N–H and O–H groups in total. The van der Waals surface area contributed by atoms with Crippen molar-refractivity contribution >= 4 is 29.4 Å². The predicted molar refractivity (Wildman–Crippen MR) is 139 cm³/mol. The Labute approximate surface area is 207 Å². The molecule has 0 radical (unpaired) electrons. The molecule has 0 spiro atoms. The lowest BCUT2D eigenvalue weighted by Crippen LogP contribution is -2.53. The molecule has 0 unspecified atom stereocenters. The molecule has 3 aliphatic carbocycles. The number of anilines is 4. The van der Waals surface area contributed by atoms with Crippen molar-refractivity contribution in [3.05, 3.63) is 29.3 Å². The number of aryl methyl sites for hydroxylation is 1. The molecule has 9 heteroatoms. The molecule has 3 atom stereocenters. The van der Waals surface area contributed by atoms with Crippen LogP contribution in [0, 0.1) is 30.1 Å². The van der Waals surface area contributed by atoms with Crippen molar-refractivity contribution in [2.24, 2.45) is 28.9 Å². The highest BCUT2D eigenvalue weighted by molar-refractivity contribution is 5.94. The van der Waals surface area contributed by atoms with Crippen LogP contribution < -0.4 is 27.0 Å². The lowest BCUT2D eigenvalue weighted by atomic mass is 9.45. The molecule has 2 heterocycles. The predicted octanol–water partition coefficient (Wildman–Crippen LogP) is 3.67. The fourth-order valence-electron chi connectivity index (χ4n) is 6.18. The van der Waals surface area contributed by atoms with Gasteiger partial charge < -0.3 is 27.0 Å². The molecule has 9 nitrogen and oxygen atoms in total. The van der Waals surface area contributed by atoms with Crippen LogP contribution in [-0.2, 0) is 0 Å². The third-order valence-electron chi connectivity index (χ3n) is 8.60. The van der Waals surface area contributed by atoms with E-state index in [2.05, 4.69) is 45.1 Å². The Morgan fingerprint density at radius 2 is 1.83 bits per heavy atom. The quantitative estimate of drug-likeness (QED) is 0.389. The van der Waals surface area contributed by atoms with Crippen molar-refractivity contribution in [3.63, 3.8) is 0 Å². The Balaban J connectivity index is 1.36. The summed E-state index contributed by atoms with van der Waals surface area (Å²) in [5.41, 5.74) is 8.10. The summed E-state index contributed by atoms with van der Waals surface area (Å²) in [5.74, 6) is 3.40. The number of nitrogens with one attached hydrogen (secondary N) is 4. The number of piperidine rings is 1. The highest BCUT2D eigenvalue weighted by atomic mass is 16.1. The van der Waals surface area contributed by atoms with Gasteiger partial charge in [0.25, 0.3) is 0 Å². The number of carbonyl (C=O) groups excluding carboxylic acids is 1. The normalized spacial score (nSPS) is 25.4. The van der Waals surface area contributed by atoms with Crippen LogP contribution in [0.15, 0.2) is 18.2 Å². The minimum absolute atomic E-state index is 0.324. The summed E-state index contributed by atoms with van der Waals surface area (Å²) in [5, 5.41) is 13.7. The van der Waals surface area contributed by atoms with Crippen LogP contribution in [-0.4, -0.2) is 46.5 Å². The number of rotatable bonds is 8. The van der Waals surface area contributed by atoms with Gasteiger partial charge in [-0.1, -0.05) is 19.9 Å². The Morgan fingerprint density at radius 3 is 2.54 bits per heavy atom. The lowest BCUT2D eigenvalue weighted by Gasteiger charge is -2.60. The highest BCUT2D eigenvalue weighted by Crippen LogP contribution is 2.61. The fourth-order valence-corrected chi connectivity index (χ4v) is 6.18. The second kappa shape index (κ2) is 9.60. The van der Waals surface area contributed by atoms with Crippen molar-refractivity contribution in [2.75, 3.05) is 35.6 Å². The molecule has 1 aliphatic heterocycles. The number of hydrogen-bond acceptors (Lipinski definition) is 8. The van der Waals surface area contributed by atoms with Gasteiger partial charge in [-0.3, -0.25) is 4.79 Å². The Hall–Kier alpha value is -2.94. The molecule has 3 saturated carbocycles. The molecule has 2 bridgehead atoms. The van der Waals surface area contributed by atoms with Crippen LogP contribution in [0.1, 0.15) is 61.9 Å². The number of aromatic nitrogens is 3. The van der Waals surface area contributed by atoms with Crippen LogP contribution in [0.2, 0.25) is 0 Å². The molecular formula is C26H38N8O. The zero-order chi connectivity index (χ0) is 24.6. The summed E-state index contributed by atoms with van der Waals surface area (Å²) in [6, 6.07) is 5.66. The zero-order valence-corrected chi connectivity index (χ0v) is 21.0. The first-order chi connectivity index (χ1) is 16.8. The van der Waals surface area contributed by atoms with E-state index in [4.69, 9.17) is 10.7 Å². The standard InChI is InChI=1S/C26H38N8O/c1-15-4-5-16(22(27)35)12-21(15)31-25-33-23(32-24(34-25)30-19-8-10-28-11-9-19)29-14-17-6-7-18-13-20(17)26(18,2)3/h4-5,12,17-20,28H,6-11,13-14H2,1-3H3,(H2,27,35)(H3,29,30,31,32,33,34)/t17-,18-,20-/m0/s1. The van der Waals surface area contributed by atoms with Gasteiger partial charge in [-0.05, 0) is 93.0 Å². The molecule has 4 fully saturated rings. The number of nitrogens with zero attached hydrogens (tertiary/aromatic N) is 3. The van der Waals surface area contributed by atoms with Crippen molar-refractivity contribution in [1.29, 1.82) is 0 Å². The summed E-state index contributed by atoms with van der Waals surface area (Å²) in [4.78, 5) is 25.7. The third kappa shape index (κ3) is 5.05. The number of hydrogen-bond donors (Lipinski definition) is 5. The summed E-state index contributed by atoms with van der Waals surface area (Å²) < 4.78 is 0. The Bertz CT molecular complexity index is 1080.